The molecular formula is C29H44N2. The van der Waals surface area contributed by atoms with Crippen LogP contribution in [-0.2, 0) is 6.54 Å². The van der Waals surface area contributed by atoms with E-state index >= 15 is 0 Å². The SMILES string of the molecule is C#Cc1ccn(C[C@@H](C)C2CCC3C4CCC5C[C@@](C)(CC)CCC5C4CCC32C)n1. The molecular weight excluding hydrogens is 376 g/mol. The highest BCUT2D eigenvalue weighted by Gasteiger charge is 2.58. The van der Waals surface area contributed by atoms with Gasteiger partial charge in [0, 0.05) is 12.7 Å². The molecule has 0 amide bonds. The lowest BCUT2D eigenvalue weighted by atomic mass is 9.47. The number of fused-ring (bicyclic) bond motifs is 5. The Bertz CT molecular complexity index is 832. The van der Waals surface area contributed by atoms with Crippen LogP contribution in [0.3, 0.4) is 0 Å². The van der Waals surface area contributed by atoms with Crippen LogP contribution >= 0.6 is 0 Å². The van der Waals surface area contributed by atoms with Crippen LogP contribution < -0.4 is 0 Å². The monoisotopic (exact) mass is 420 g/mol. The van der Waals surface area contributed by atoms with Gasteiger partial charge < -0.3 is 0 Å². The summed E-state index contributed by atoms with van der Waals surface area (Å²) < 4.78 is 2.10. The molecule has 0 bridgehead atoms. The Kier molecular flexibility index (Phi) is 5.55. The second kappa shape index (κ2) is 7.97. The first-order valence-electron chi connectivity index (χ1n) is 13.4. The summed E-state index contributed by atoms with van der Waals surface area (Å²) in [6, 6.07) is 1.98. The van der Waals surface area contributed by atoms with Crippen LogP contribution in [0.25, 0.3) is 0 Å². The van der Waals surface area contributed by atoms with Gasteiger partial charge >= 0.3 is 0 Å². The van der Waals surface area contributed by atoms with Crippen LogP contribution in [0.1, 0.15) is 97.6 Å². The lowest BCUT2D eigenvalue weighted by Gasteiger charge is -2.58. The van der Waals surface area contributed by atoms with Crippen molar-refractivity contribution in [2.45, 2.75) is 98.4 Å². The molecule has 2 heteroatoms. The van der Waals surface area contributed by atoms with Gasteiger partial charge in [0.1, 0.15) is 5.69 Å². The van der Waals surface area contributed by atoms with Crippen molar-refractivity contribution in [3.05, 3.63) is 18.0 Å². The minimum atomic E-state index is 0.544. The van der Waals surface area contributed by atoms with Crippen molar-refractivity contribution in [2.24, 2.45) is 52.3 Å². The standard InChI is InChI=1S/C29H44N2/c1-6-22-14-17-31(30-22)19-20(3)26-10-11-27-25-9-8-21-18-28(4,7-2)15-12-23(21)24(25)13-16-29(26,27)5/h1,14,17,20-21,23-27H,7-13,15-16,18-19H2,2-5H3/t20-,21?,23?,24?,25?,26?,27?,28+,29?/m1/s1. The molecule has 2 nitrogen and oxygen atoms in total. The highest BCUT2D eigenvalue weighted by molar-refractivity contribution is 5.21. The fourth-order valence-electron chi connectivity index (χ4n) is 9.45. The van der Waals surface area contributed by atoms with Gasteiger partial charge in [-0.05, 0) is 122 Å². The normalized spacial score (nSPS) is 45.3. The minimum Gasteiger partial charge on any atom is -0.271 e. The molecule has 4 saturated carbocycles. The van der Waals surface area contributed by atoms with Crippen LogP contribution in [0.5, 0.6) is 0 Å². The molecule has 0 aromatic carbocycles. The highest BCUT2D eigenvalue weighted by Crippen LogP contribution is 2.66. The summed E-state index contributed by atoms with van der Waals surface area (Å²) in [4.78, 5) is 0. The molecule has 4 aliphatic rings. The van der Waals surface area contributed by atoms with Crippen molar-refractivity contribution >= 4 is 0 Å². The van der Waals surface area contributed by atoms with Crippen LogP contribution in [0, 0.1) is 64.6 Å². The van der Waals surface area contributed by atoms with E-state index in [0.717, 1.165) is 47.7 Å². The Labute approximate surface area is 191 Å². The van der Waals surface area contributed by atoms with E-state index in [2.05, 4.69) is 49.6 Å². The topological polar surface area (TPSA) is 17.8 Å². The van der Waals surface area contributed by atoms with Gasteiger partial charge in [0.05, 0.1) is 0 Å². The fourth-order valence-corrected chi connectivity index (χ4v) is 9.45. The second-order valence-corrected chi connectivity index (χ2v) is 12.6. The van der Waals surface area contributed by atoms with Gasteiger partial charge in [0.2, 0.25) is 0 Å². The zero-order chi connectivity index (χ0) is 21.8. The summed E-state index contributed by atoms with van der Waals surface area (Å²) in [5.74, 6) is 9.29. The predicted molar refractivity (Wildman–Crippen MR) is 128 cm³/mol. The van der Waals surface area contributed by atoms with Gasteiger partial charge in [-0.25, -0.2) is 0 Å². The fraction of sp³-hybridized carbons (Fsp3) is 0.828. The van der Waals surface area contributed by atoms with E-state index in [0.29, 0.717) is 16.7 Å². The van der Waals surface area contributed by atoms with Crippen molar-refractivity contribution in [3.8, 4) is 12.3 Å². The third kappa shape index (κ3) is 3.59. The van der Waals surface area contributed by atoms with Crippen molar-refractivity contribution in [3.63, 3.8) is 0 Å². The predicted octanol–water partition coefficient (Wildman–Crippen LogP) is 7.19. The maximum absolute atomic E-state index is 5.53. The van der Waals surface area contributed by atoms with E-state index in [1.165, 1.54) is 64.2 Å². The van der Waals surface area contributed by atoms with E-state index in [4.69, 9.17) is 6.42 Å². The molecule has 1 aromatic rings. The molecule has 0 N–H and O–H groups in total. The Morgan fingerprint density at radius 3 is 2.65 bits per heavy atom. The van der Waals surface area contributed by atoms with E-state index in [1.54, 1.807) is 0 Å². The molecule has 4 aliphatic carbocycles. The van der Waals surface area contributed by atoms with Gasteiger partial charge in [-0.15, -0.1) is 6.42 Å². The van der Waals surface area contributed by atoms with Crippen LogP contribution in [0.2, 0.25) is 0 Å². The van der Waals surface area contributed by atoms with E-state index < -0.39 is 0 Å². The van der Waals surface area contributed by atoms with Gasteiger partial charge in [-0.3, -0.25) is 4.68 Å². The molecule has 0 saturated heterocycles. The van der Waals surface area contributed by atoms with E-state index in [9.17, 15) is 0 Å². The lowest BCUT2D eigenvalue weighted by molar-refractivity contribution is -0.0837. The van der Waals surface area contributed by atoms with Gasteiger partial charge in [0.25, 0.3) is 0 Å². The number of terminal acetylenes is 1. The first-order valence-corrected chi connectivity index (χ1v) is 13.4. The first kappa shape index (κ1) is 21.6. The van der Waals surface area contributed by atoms with Crippen LogP contribution in [0.4, 0.5) is 0 Å². The summed E-state index contributed by atoms with van der Waals surface area (Å²) in [6.45, 7) is 11.2. The molecule has 31 heavy (non-hydrogen) atoms. The number of hydrogen-bond donors (Lipinski definition) is 0. The maximum Gasteiger partial charge on any atom is 0.134 e. The van der Waals surface area contributed by atoms with E-state index in [1.807, 2.05) is 6.07 Å². The quantitative estimate of drug-likeness (QED) is 0.471. The Morgan fingerprint density at radius 2 is 1.90 bits per heavy atom. The maximum atomic E-state index is 5.53. The van der Waals surface area contributed by atoms with Crippen molar-refractivity contribution in [2.75, 3.05) is 0 Å². The third-order valence-electron chi connectivity index (χ3n) is 11.2. The van der Waals surface area contributed by atoms with Crippen molar-refractivity contribution < 1.29 is 0 Å². The van der Waals surface area contributed by atoms with Crippen molar-refractivity contribution in [1.29, 1.82) is 0 Å². The number of nitrogens with zero attached hydrogens (tertiary/aromatic N) is 2. The zero-order valence-corrected chi connectivity index (χ0v) is 20.4. The largest absolute Gasteiger partial charge is 0.271 e. The molecule has 0 spiro atoms. The summed E-state index contributed by atoms with van der Waals surface area (Å²) >= 11 is 0. The van der Waals surface area contributed by atoms with Gasteiger partial charge in [0.15, 0.2) is 0 Å². The molecule has 1 heterocycles. The molecule has 4 fully saturated rings. The number of aromatic nitrogens is 2. The van der Waals surface area contributed by atoms with Crippen molar-refractivity contribution in [1.82, 2.24) is 9.78 Å². The van der Waals surface area contributed by atoms with Crippen LogP contribution in [-0.4, -0.2) is 9.78 Å². The Morgan fingerprint density at radius 1 is 1.10 bits per heavy atom. The van der Waals surface area contributed by atoms with Gasteiger partial charge in [-0.2, -0.15) is 5.10 Å². The second-order valence-electron chi connectivity index (χ2n) is 12.6. The molecule has 5 rings (SSSR count). The molecule has 0 radical (unpaired) electrons. The summed E-state index contributed by atoms with van der Waals surface area (Å²) in [5, 5.41) is 4.58. The number of hydrogen-bond acceptors (Lipinski definition) is 1. The van der Waals surface area contributed by atoms with E-state index in [-0.39, 0.29) is 0 Å². The summed E-state index contributed by atoms with van der Waals surface area (Å²) in [7, 11) is 0. The third-order valence-corrected chi connectivity index (χ3v) is 11.2. The summed E-state index contributed by atoms with van der Waals surface area (Å²) in [5.41, 5.74) is 1.95. The average molecular weight is 421 g/mol. The van der Waals surface area contributed by atoms with Crippen LogP contribution in [0.15, 0.2) is 12.3 Å². The molecule has 170 valence electrons. The molecule has 9 atom stereocenters. The first-order chi connectivity index (χ1) is 14.9. The lowest BCUT2D eigenvalue weighted by Crippen LogP contribution is -2.50. The summed E-state index contributed by atoms with van der Waals surface area (Å²) in [6.07, 6.45) is 22.4. The minimum absolute atomic E-state index is 0.544. The average Bonchev–Trinajstić information content (AvgIpc) is 3.36. The highest BCUT2D eigenvalue weighted by atomic mass is 15.3. The molecule has 7 unspecified atom stereocenters. The smallest absolute Gasteiger partial charge is 0.134 e. The van der Waals surface area contributed by atoms with Gasteiger partial charge in [-0.1, -0.05) is 34.1 Å². The number of rotatable bonds is 4. The molecule has 0 aliphatic heterocycles. The Balaban J connectivity index is 1.29. The Hall–Kier alpha value is -1.23. The molecule has 1 aromatic heterocycles. The zero-order valence-electron chi connectivity index (χ0n) is 20.4.